The van der Waals surface area contributed by atoms with Gasteiger partial charge in [-0.2, -0.15) is 0 Å². The molecular formula is C18H22N2O5S2. The van der Waals surface area contributed by atoms with Crippen molar-refractivity contribution >= 4 is 32.9 Å². The van der Waals surface area contributed by atoms with Crippen molar-refractivity contribution in [3.8, 4) is 0 Å². The summed E-state index contributed by atoms with van der Waals surface area (Å²) >= 11 is 1.24. The lowest BCUT2D eigenvalue weighted by molar-refractivity contribution is 0.0478. The predicted molar refractivity (Wildman–Crippen MR) is 102 cm³/mol. The number of hydrogen-bond acceptors (Lipinski definition) is 7. The van der Waals surface area contributed by atoms with E-state index in [2.05, 4.69) is 4.98 Å². The number of hydrogen-bond donors (Lipinski definition) is 0. The third kappa shape index (κ3) is 3.98. The first-order chi connectivity index (χ1) is 12.6. The lowest BCUT2D eigenvalue weighted by atomic mass is 10.1. The molecule has 0 spiro atoms. The van der Waals surface area contributed by atoms with Crippen molar-refractivity contribution in [3.05, 3.63) is 38.6 Å². The van der Waals surface area contributed by atoms with Crippen LogP contribution in [0.2, 0.25) is 0 Å². The highest BCUT2D eigenvalue weighted by Gasteiger charge is 2.31. The molecule has 1 aliphatic heterocycles. The van der Waals surface area contributed by atoms with E-state index in [4.69, 9.17) is 4.74 Å². The molecule has 0 aromatic carbocycles. The van der Waals surface area contributed by atoms with Crippen LogP contribution in [-0.2, 0) is 14.6 Å². The monoisotopic (exact) mass is 410 g/mol. The zero-order valence-corrected chi connectivity index (χ0v) is 17.4. The number of thiazole rings is 1. The van der Waals surface area contributed by atoms with E-state index in [0.717, 1.165) is 10.7 Å². The number of rotatable bonds is 5. The fraction of sp³-hybridized carbons (Fsp3) is 0.500. The zero-order valence-electron chi connectivity index (χ0n) is 15.7. The minimum atomic E-state index is -3.02. The minimum Gasteiger partial charge on any atom is -0.453 e. The Balaban J connectivity index is 1.73. The molecule has 2 aromatic heterocycles. The normalized spacial score (nSPS) is 18.6. The van der Waals surface area contributed by atoms with Crippen molar-refractivity contribution in [2.24, 2.45) is 0 Å². The Kier molecular flexibility index (Phi) is 5.27. The Hall–Kier alpha value is -2.00. The summed E-state index contributed by atoms with van der Waals surface area (Å²) in [5.41, 5.74) is 2.59. The van der Waals surface area contributed by atoms with Gasteiger partial charge in [-0.05, 0) is 40.2 Å². The Morgan fingerprint density at radius 3 is 2.56 bits per heavy atom. The average Bonchev–Trinajstić information content (AvgIpc) is 3.20. The van der Waals surface area contributed by atoms with Gasteiger partial charge >= 0.3 is 5.97 Å². The summed E-state index contributed by atoms with van der Waals surface area (Å²) in [6.45, 7) is 6.82. The smallest absolute Gasteiger partial charge is 0.350 e. The maximum Gasteiger partial charge on any atom is 0.350 e. The second-order valence-electron chi connectivity index (χ2n) is 6.86. The maximum atomic E-state index is 12.6. The number of carbonyl (C=O) groups excluding carboxylic acids is 2. The van der Waals surface area contributed by atoms with Crippen molar-refractivity contribution in [1.82, 2.24) is 9.55 Å². The van der Waals surface area contributed by atoms with Gasteiger partial charge in [0.05, 0.1) is 22.2 Å². The van der Waals surface area contributed by atoms with Gasteiger partial charge in [0.15, 0.2) is 16.4 Å². The van der Waals surface area contributed by atoms with Crippen LogP contribution in [0.5, 0.6) is 0 Å². The number of aryl methyl sites for hydroxylation is 3. The minimum absolute atomic E-state index is 0.0932. The van der Waals surface area contributed by atoms with Gasteiger partial charge in [-0.3, -0.25) is 4.79 Å². The molecule has 27 heavy (non-hydrogen) atoms. The first-order valence-corrected chi connectivity index (χ1v) is 11.3. The molecule has 3 heterocycles. The highest BCUT2D eigenvalue weighted by molar-refractivity contribution is 7.91. The molecule has 0 N–H and O–H groups in total. The van der Waals surface area contributed by atoms with Crippen LogP contribution in [0, 0.1) is 27.7 Å². The van der Waals surface area contributed by atoms with Crippen LogP contribution in [0.4, 0.5) is 0 Å². The first-order valence-electron chi connectivity index (χ1n) is 8.62. The van der Waals surface area contributed by atoms with Crippen LogP contribution in [0.25, 0.3) is 0 Å². The van der Waals surface area contributed by atoms with Gasteiger partial charge in [-0.25, -0.2) is 18.2 Å². The largest absolute Gasteiger partial charge is 0.453 e. The highest BCUT2D eigenvalue weighted by Crippen LogP contribution is 2.29. The molecule has 1 fully saturated rings. The molecule has 1 aliphatic rings. The molecular weight excluding hydrogens is 388 g/mol. The number of ether oxygens (including phenoxy) is 1. The van der Waals surface area contributed by atoms with E-state index in [9.17, 15) is 18.0 Å². The van der Waals surface area contributed by atoms with Crippen LogP contribution in [0.3, 0.4) is 0 Å². The fourth-order valence-electron chi connectivity index (χ4n) is 3.60. The standard InChI is InChI=1S/C18H22N2O5S2/c1-10-7-15(12(3)20(10)14-5-6-27(23,24)9-14)16(21)8-25-18(22)17-11(2)19-13(4)26-17/h7,14H,5-6,8-9H2,1-4H3/t14-/m0/s1. The van der Waals surface area contributed by atoms with E-state index in [-0.39, 0.29) is 29.9 Å². The number of carbonyl (C=O) groups is 2. The Labute approximate surface area is 162 Å². The van der Waals surface area contributed by atoms with Crippen molar-refractivity contribution < 1.29 is 22.7 Å². The molecule has 0 unspecified atom stereocenters. The fourth-order valence-corrected chi connectivity index (χ4v) is 6.11. The Bertz CT molecular complexity index is 1020. The summed E-state index contributed by atoms with van der Waals surface area (Å²) in [4.78, 5) is 29.3. The average molecular weight is 411 g/mol. The molecule has 7 nitrogen and oxygen atoms in total. The van der Waals surface area contributed by atoms with Gasteiger partial charge in [-0.1, -0.05) is 0 Å². The van der Waals surface area contributed by atoms with Crippen molar-refractivity contribution in [2.45, 2.75) is 40.2 Å². The number of aromatic nitrogens is 2. The van der Waals surface area contributed by atoms with Gasteiger partial charge < -0.3 is 9.30 Å². The number of sulfone groups is 1. The van der Waals surface area contributed by atoms with E-state index < -0.39 is 15.8 Å². The quantitative estimate of drug-likeness (QED) is 0.555. The van der Waals surface area contributed by atoms with E-state index in [1.807, 2.05) is 11.5 Å². The summed E-state index contributed by atoms with van der Waals surface area (Å²) < 4.78 is 30.6. The second kappa shape index (κ2) is 7.20. The van der Waals surface area contributed by atoms with Crippen molar-refractivity contribution in [2.75, 3.05) is 18.1 Å². The number of esters is 1. The maximum absolute atomic E-state index is 12.6. The molecule has 0 bridgehead atoms. The van der Waals surface area contributed by atoms with Crippen LogP contribution in [0.15, 0.2) is 6.07 Å². The van der Waals surface area contributed by atoms with Crippen LogP contribution < -0.4 is 0 Å². The number of nitrogens with zero attached hydrogens (tertiary/aromatic N) is 2. The molecule has 0 aliphatic carbocycles. The van der Waals surface area contributed by atoms with E-state index in [1.165, 1.54) is 11.3 Å². The molecule has 146 valence electrons. The second-order valence-corrected chi connectivity index (χ2v) is 10.3. The molecule has 0 amide bonds. The number of ketones is 1. The van der Waals surface area contributed by atoms with Gasteiger partial charge in [0.2, 0.25) is 5.78 Å². The third-order valence-corrected chi connectivity index (χ3v) is 7.58. The Morgan fingerprint density at radius 2 is 2.00 bits per heavy atom. The summed E-state index contributed by atoms with van der Waals surface area (Å²) in [5.74, 6) is -0.594. The highest BCUT2D eigenvalue weighted by atomic mass is 32.2. The van der Waals surface area contributed by atoms with Crippen LogP contribution >= 0.6 is 11.3 Å². The lowest BCUT2D eigenvalue weighted by Crippen LogP contribution is -2.17. The molecule has 9 heteroatoms. The molecule has 2 aromatic rings. The summed E-state index contributed by atoms with van der Waals surface area (Å²) in [5, 5.41) is 0.765. The molecule has 1 atom stereocenters. The van der Waals surface area contributed by atoms with Gasteiger partial charge in [0.25, 0.3) is 0 Å². The number of Topliss-reactive ketones (excluding diaryl/α,β-unsaturated/α-hetero) is 1. The van der Waals surface area contributed by atoms with Crippen molar-refractivity contribution in [1.29, 1.82) is 0 Å². The predicted octanol–water partition coefficient (Wildman–Crippen LogP) is 2.58. The summed E-state index contributed by atoms with van der Waals surface area (Å²) in [6.07, 6.45) is 0.547. The summed E-state index contributed by atoms with van der Waals surface area (Å²) in [7, 11) is -3.02. The molecule has 1 saturated heterocycles. The van der Waals surface area contributed by atoms with Gasteiger partial charge in [0, 0.05) is 23.0 Å². The Morgan fingerprint density at radius 1 is 1.30 bits per heavy atom. The SMILES string of the molecule is Cc1nc(C)c(C(=O)OCC(=O)c2cc(C)n([C@H]3CCS(=O)(=O)C3)c2C)s1. The zero-order chi connectivity index (χ0) is 19.9. The first kappa shape index (κ1) is 19.8. The lowest BCUT2D eigenvalue weighted by Gasteiger charge is -2.16. The molecule has 0 saturated carbocycles. The molecule has 3 rings (SSSR count). The van der Waals surface area contributed by atoms with Gasteiger partial charge in [0.1, 0.15) is 4.88 Å². The van der Waals surface area contributed by atoms with E-state index in [0.29, 0.717) is 28.2 Å². The molecule has 0 radical (unpaired) electrons. The third-order valence-electron chi connectivity index (χ3n) is 4.78. The van der Waals surface area contributed by atoms with Crippen LogP contribution in [-0.4, -0.2) is 47.8 Å². The summed E-state index contributed by atoms with van der Waals surface area (Å²) in [6, 6.07) is 1.58. The van der Waals surface area contributed by atoms with Crippen LogP contribution in [0.1, 0.15) is 54.6 Å². The topological polar surface area (TPSA) is 95.3 Å². The van der Waals surface area contributed by atoms with Crippen molar-refractivity contribution in [3.63, 3.8) is 0 Å². The van der Waals surface area contributed by atoms with Gasteiger partial charge in [-0.15, -0.1) is 11.3 Å². The van der Waals surface area contributed by atoms with E-state index >= 15 is 0 Å². The van der Waals surface area contributed by atoms with E-state index in [1.54, 1.807) is 26.8 Å².